The van der Waals surface area contributed by atoms with Gasteiger partial charge in [-0.15, -0.1) is 0 Å². The van der Waals surface area contributed by atoms with Crippen molar-refractivity contribution >= 4 is 17.6 Å². The Kier molecular flexibility index (Phi) is 4.55. The van der Waals surface area contributed by atoms with E-state index < -0.39 is 11.8 Å². The number of hydrogen-bond acceptors (Lipinski definition) is 4. The third-order valence-corrected chi connectivity index (χ3v) is 3.30. The van der Waals surface area contributed by atoms with Gasteiger partial charge in [-0.25, -0.2) is 4.98 Å². The molecule has 0 unspecified atom stereocenters. The lowest BCUT2D eigenvalue weighted by Crippen LogP contribution is -2.53. The van der Waals surface area contributed by atoms with Crippen LogP contribution < -0.4 is 5.32 Å². The number of carbonyl (C=O) groups excluding carboxylic acids is 2. The van der Waals surface area contributed by atoms with Gasteiger partial charge in [0.25, 0.3) is 0 Å². The summed E-state index contributed by atoms with van der Waals surface area (Å²) in [6.07, 6.45) is 0. The number of likely N-dealkylation sites (N-methyl/N-ethyl adjacent to an activating group) is 1. The number of aromatic nitrogens is 1. The van der Waals surface area contributed by atoms with Gasteiger partial charge < -0.3 is 15.1 Å². The fourth-order valence-electron chi connectivity index (χ4n) is 2.21. The molecule has 2 amide bonds. The molecule has 0 atom stereocenters. The zero-order chi connectivity index (χ0) is 14.5. The quantitative estimate of drug-likeness (QED) is 0.804. The number of anilines is 1. The molecule has 6 nitrogen and oxygen atoms in total. The third-order valence-electron chi connectivity index (χ3n) is 3.30. The Morgan fingerprint density at radius 2 is 1.85 bits per heavy atom. The molecule has 1 aliphatic rings. The minimum absolute atomic E-state index is 0.376. The molecule has 0 spiro atoms. The maximum absolute atomic E-state index is 12.0. The second kappa shape index (κ2) is 6.36. The second-order valence-electron chi connectivity index (χ2n) is 4.66. The summed E-state index contributed by atoms with van der Waals surface area (Å²) in [4.78, 5) is 31.4. The highest BCUT2D eigenvalue weighted by Gasteiger charge is 2.31. The van der Waals surface area contributed by atoms with Gasteiger partial charge in [0, 0.05) is 26.2 Å². The van der Waals surface area contributed by atoms with Gasteiger partial charge in [0.15, 0.2) is 0 Å². The monoisotopic (exact) mass is 276 g/mol. The summed E-state index contributed by atoms with van der Waals surface area (Å²) in [6, 6.07) is 5.65. The van der Waals surface area contributed by atoms with E-state index in [0.717, 1.165) is 18.1 Å². The molecule has 1 aromatic rings. The van der Waals surface area contributed by atoms with Gasteiger partial charge in [-0.2, -0.15) is 0 Å². The van der Waals surface area contributed by atoms with Crippen LogP contribution in [0.4, 0.5) is 5.82 Å². The average Bonchev–Trinajstić information content (AvgIpc) is 2.45. The largest absolute Gasteiger partial charge is 0.370 e. The van der Waals surface area contributed by atoms with Crippen LogP contribution in [0.15, 0.2) is 18.2 Å². The van der Waals surface area contributed by atoms with Crippen LogP contribution in [0.3, 0.4) is 0 Å². The number of rotatable bonds is 5. The maximum atomic E-state index is 12.0. The highest BCUT2D eigenvalue weighted by atomic mass is 16.2. The molecule has 1 aliphatic heterocycles. The molecule has 2 heterocycles. The van der Waals surface area contributed by atoms with Crippen molar-refractivity contribution in [1.29, 1.82) is 0 Å². The van der Waals surface area contributed by atoms with Gasteiger partial charge in [-0.05, 0) is 26.0 Å². The van der Waals surface area contributed by atoms with E-state index in [0.29, 0.717) is 26.2 Å². The predicted octanol–water partition coefficient (Wildman–Crippen LogP) is 0.704. The number of carbonyl (C=O) groups is 2. The zero-order valence-corrected chi connectivity index (χ0v) is 11.9. The Hall–Kier alpha value is -2.11. The van der Waals surface area contributed by atoms with Gasteiger partial charge in [0.05, 0.1) is 12.2 Å². The van der Waals surface area contributed by atoms with Crippen LogP contribution in [0.2, 0.25) is 0 Å². The molecule has 0 saturated carbocycles. The summed E-state index contributed by atoms with van der Waals surface area (Å²) >= 11 is 0. The lowest BCUT2D eigenvalue weighted by Gasteiger charge is -2.32. The SMILES string of the molecule is CCNc1cccc(CN2CCN(CC)C(=O)C2=O)n1. The smallest absolute Gasteiger partial charge is 0.312 e. The fourth-order valence-corrected chi connectivity index (χ4v) is 2.21. The van der Waals surface area contributed by atoms with Gasteiger partial charge >= 0.3 is 11.8 Å². The summed E-state index contributed by atoms with van der Waals surface area (Å²) < 4.78 is 0. The third kappa shape index (κ3) is 3.07. The summed E-state index contributed by atoms with van der Waals surface area (Å²) in [6.45, 7) is 6.78. The van der Waals surface area contributed by atoms with Crippen molar-refractivity contribution in [2.24, 2.45) is 0 Å². The molecular weight excluding hydrogens is 256 g/mol. The summed E-state index contributed by atoms with van der Waals surface area (Å²) in [7, 11) is 0. The van der Waals surface area contributed by atoms with Gasteiger partial charge in [0.2, 0.25) is 0 Å². The van der Waals surface area contributed by atoms with Crippen molar-refractivity contribution in [3.8, 4) is 0 Å². The number of nitrogens with zero attached hydrogens (tertiary/aromatic N) is 3. The van der Waals surface area contributed by atoms with Crippen LogP contribution >= 0.6 is 0 Å². The van der Waals surface area contributed by atoms with E-state index in [1.165, 1.54) is 0 Å². The number of hydrogen-bond donors (Lipinski definition) is 1. The van der Waals surface area contributed by atoms with Crippen LogP contribution in [0.5, 0.6) is 0 Å². The molecule has 0 radical (unpaired) electrons. The van der Waals surface area contributed by atoms with Gasteiger partial charge in [-0.3, -0.25) is 9.59 Å². The minimum Gasteiger partial charge on any atom is -0.370 e. The Morgan fingerprint density at radius 1 is 1.15 bits per heavy atom. The van der Waals surface area contributed by atoms with E-state index in [1.54, 1.807) is 9.80 Å². The minimum atomic E-state index is -0.436. The van der Waals surface area contributed by atoms with Gasteiger partial charge in [-0.1, -0.05) is 6.07 Å². The number of nitrogens with one attached hydrogen (secondary N) is 1. The number of pyridine rings is 1. The van der Waals surface area contributed by atoms with E-state index >= 15 is 0 Å². The number of amides is 2. The molecule has 6 heteroatoms. The Bertz CT molecular complexity index is 504. The normalized spacial score (nSPS) is 15.7. The molecule has 20 heavy (non-hydrogen) atoms. The second-order valence-corrected chi connectivity index (χ2v) is 4.66. The molecule has 1 saturated heterocycles. The lowest BCUT2D eigenvalue weighted by molar-refractivity contribution is -0.156. The molecular formula is C14H20N4O2. The summed E-state index contributed by atoms with van der Waals surface area (Å²) in [5.74, 6) is -0.0636. The van der Waals surface area contributed by atoms with Crippen molar-refractivity contribution < 1.29 is 9.59 Å². The molecule has 108 valence electrons. The van der Waals surface area contributed by atoms with Crippen LogP contribution in [0, 0.1) is 0 Å². The Balaban J connectivity index is 2.05. The Labute approximate surface area is 118 Å². The van der Waals surface area contributed by atoms with Crippen molar-refractivity contribution in [2.45, 2.75) is 20.4 Å². The average molecular weight is 276 g/mol. The van der Waals surface area contributed by atoms with Crippen LogP contribution in [0.1, 0.15) is 19.5 Å². The molecule has 1 N–H and O–H groups in total. The van der Waals surface area contributed by atoms with E-state index in [9.17, 15) is 9.59 Å². The molecule has 0 aliphatic carbocycles. The first-order chi connectivity index (χ1) is 9.65. The van der Waals surface area contributed by atoms with E-state index in [-0.39, 0.29) is 0 Å². The molecule has 1 fully saturated rings. The van der Waals surface area contributed by atoms with Crippen LogP contribution in [-0.4, -0.2) is 52.8 Å². The van der Waals surface area contributed by atoms with Crippen molar-refractivity contribution in [2.75, 3.05) is 31.5 Å². The highest BCUT2D eigenvalue weighted by molar-refractivity contribution is 6.35. The Morgan fingerprint density at radius 3 is 2.55 bits per heavy atom. The first-order valence-corrected chi connectivity index (χ1v) is 6.93. The van der Waals surface area contributed by atoms with Gasteiger partial charge in [0.1, 0.15) is 5.82 Å². The van der Waals surface area contributed by atoms with Crippen LogP contribution in [-0.2, 0) is 16.1 Å². The summed E-state index contributed by atoms with van der Waals surface area (Å²) in [5, 5.41) is 3.13. The molecule has 2 rings (SSSR count). The first kappa shape index (κ1) is 14.3. The van der Waals surface area contributed by atoms with Crippen molar-refractivity contribution in [3.63, 3.8) is 0 Å². The molecule has 0 bridgehead atoms. The first-order valence-electron chi connectivity index (χ1n) is 6.93. The van der Waals surface area contributed by atoms with E-state index in [2.05, 4.69) is 10.3 Å². The van der Waals surface area contributed by atoms with Crippen molar-refractivity contribution in [1.82, 2.24) is 14.8 Å². The number of piperazine rings is 1. The predicted molar refractivity (Wildman–Crippen MR) is 76.1 cm³/mol. The highest BCUT2D eigenvalue weighted by Crippen LogP contribution is 2.11. The standard InChI is InChI=1S/C14H20N4O2/c1-3-15-12-7-5-6-11(16-12)10-18-9-8-17(4-2)13(19)14(18)20/h5-7H,3-4,8-10H2,1-2H3,(H,15,16). The maximum Gasteiger partial charge on any atom is 0.312 e. The lowest BCUT2D eigenvalue weighted by atomic mass is 10.2. The summed E-state index contributed by atoms with van der Waals surface area (Å²) in [5.41, 5.74) is 0.787. The van der Waals surface area contributed by atoms with E-state index in [4.69, 9.17) is 0 Å². The topological polar surface area (TPSA) is 65.5 Å². The van der Waals surface area contributed by atoms with Crippen LogP contribution in [0.25, 0.3) is 0 Å². The van der Waals surface area contributed by atoms with E-state index in [1.807, 2.05) is 32.0 Å². The molecule has 1 aromatic heterocycles. The van der Waals surface area contributed by atoms with Crippen molar-refractivity contribution in [3.05, 3.63) is 23.9 Å². The molecule has 0 aromatic carbocycles. The zero-order valence-electron chi connectivity index (χ0n) is 11.9. The fraction of sp³-hybridized carbons (Fsp3) is 0.500.